The van der Waals surface area contributed by atoms with E-state index >= 15 is 0 Å². The summed E-state index contributed by atoms with van der Waals surface area (Å²) in [6.45, 7) is 7.90. The zero-order valence-corrected chi connectivity index (χ0v) is 12.8. The molecule has 21 heavy (non-hydrogen) atoms. The zero-order valence-electron chi connectivity index (χ0n) is 12.8. The van der Waals surface area contributed by atoms with Crippen LogP contribution in [0.1, 0.15) is 39.2 Å². The normalized spacial score (nSPS) is 18.1. The third-order valence-electron chi connectivity index (χ3n) is 4.39. The van der Waals surface area contributed by atoms with Crippen LogP contribution in [0.25, 0.3) is 0 Å². The number of halogens is 3. The van der Waals surface area contributed by atoms with Crippen molar-refractivity contribution in [3.05, 3.63) is 23.8 Å². The Hall–Kier alpha value is -1.39. The van der Waals surface area contributed by atoms with E-state index in [-0.39, 0.29) is 16.8 Å². The molecule has 0 unspecified atom stereocenters. The maximum absolute atomic E-state index is 13.2. The van der Waals surface area contributed by atoms with E-state index in [4.69, 9.17) is 5.73 Å². The number of benzene rings is 1. The first-order valence-electron chi connectivity index (χ1n) is 7.30. The summed E-state index contributed by atoms with van der Waals surface area (Å²) in [5, 5.41) is 0. The lowest BCUT2D eigenvalue weighted by Crippen LogP contribution is -2.38. The molecule has 2 N–H and O–H groups in total. The average molecular weight is 300 g/mol. The fourth-order valence-corrected chi connectivity index (χ4v) is 3.04. The van der Waals surface area contributed by atoms with Crippen molar-refractivity contribution in [2.24, 2.45) is 11.3 Å². The molecule has 0 spiro atoms. The van der Waals surface area contributed by atoms with Gasteiger partial charge in [0.15, 0.2) is 0 Å². The van der Waals surface area contributed by atoms with Crippen molar-refractivity contribution in [1.29, 1.82) is 0 Å². The van der Waals surface area contributed by atoms with Crippen LogP contribution in [0.4, 0.5) is 24.5 Å². The zero-order chi connectivity index (χ0) is 15.8. The molecule has 2 rings (SSSR count). The number of hydrogen-bond donors (Lipinski definition) is 1. The Kier molecular flexibility index (Phi) is 4.13. The molecule has 2 nitrogen and oxygen atoms in total. The number of anilines is 2. The predicted octanol–water partition coefficient (Wildman–Crippen LogP) is 4.55. The van der Waals surface area contributed by atoms with E-state index in [0.717, 1.165) is 18.9 Å². The fraction of sp³-hybridized carbons (Fsp3) is 0.625. The lowest BCUT2D eigenvalue weighted by Gasteiger charge is -2.40. The van der Waals surface area contributed by atoms with E-state index in [0.29, 0.717) is 19.0 Å². The first-order valence-corrected chi connectivity index (χ1v) is 7.30. The van der Waals surface area contributed by atoms with Crippen molar-refractivity contribution in [3.63, 3.8) is 0 Å². The highest BCUT2D eigenvalue weighted by atomic mass is 19.4. The van der Waals surface area contributed by atoms with Gasteiger partial charge in [-0.05, 0) is 42.4 Å². The van der Waals surface area contributed by atoms with Gasteiger partial charge >= 0.3 is 6.18 Å². The van der Waals surface area contributed by atoms with Crippen molar-refractivity contribution in [2.45, 2.75) is 39.8 Å². The molecule has 1 saturated heterocycles. The lowest BCUT2D eigenvalue weighted by molar-refractivity contribution is -0.137. The molecule has 0 radical (unpaired) electrons. The third kappa shape index (κ3) is 3.63. The highest BCUT2D eigenvalue weighted by Crippen LogP contribution is 2.41. The molecule has 1 aliphatic heterocycles. The Morgan fingerprint density at radius 2 is 1.67 bits per heavy atom. The number of rotatable bonds is 1. The van der Waals surface area contributed by atoms with Gasteiger partial charge in [-0.2, -0.15) is 13.2 Å². The number of nitrogens with two attached hydrogens (primary N) is 1. The van der Waals surface area contributed by atoms with Crippen molar-refractivity contribution >= 4 is 11.4 Å². The van der Waals surface area contributed by atoms with Crippen LogP contribution in [0, 0.1) is 11.3 Å². The van der Waals surface area contributed by atoms with E-state index in [2.05, 4.69) is 20.8 Å². The molecule has 0 aliphatic carbocycles. The van der Waals surface area contributed by atoms with E-state index < -0.39 is 11.7 Å². The molecule has 1 aromatic carbocycles. The SMILES string of the molecule is CC(C)(C)C1CCN(c2ccc(N)cc2C(F)(F)F)CC1. The number of piperidine rings is 1. The number of hydrogen-bond acceptors (Lipinski definition) is 2. The summed E-state index contributed by atoms with van der Waals surface area (Å²) in [6.07, 6.45) is -2.53. The minimum Gasteiger partial charge on any atom is -0.399 e. The monoisotopic (exact) mass is 300 g/mol. The second-order valence-electron chi connectivity index (χ2n) is 6.90. The number of alkyl halides is 3. The van der Waals surface area contributed by atoms with Gasteiger partial charge in [-0.15, -0.1) is 0 Å². The maximum atomic E-state index is 13.2. The Morgan fingerprint density at radius 3 is 2.14 bits per heavy atom. The second kappa shape index (κ2) is 5.43. The largest absolute Gasteiger partial charge is 0.418 e. The Labute approximate surface area is 124 Å². The van der Waals surface area contributed by atoms with Crippen molar-refractivity contribution in [2.75, 3.05) is 23.7 Å². The third-order valence-corrected chi connectivity index (χ3v) is 4.39. The van der Waals surface area contributed by atoms with Crippen LogP contribution in [0.5, 0.6) is 0 Å². The van der Waals surface area contributed by atoms with Gasteiger partial charge in [0.25, 0.3) is 0 Å². The van der Waals surface area contributed by atoms with Crippen LogP contribution in [-0.2, 0) is 6.18 Å². The van der Waals surface area contributed by atoms with Gasteiger partial charge in [-0.3, -0.25) is 0 Å². The molecule has 1 fully saturated rings. The van der Waals surface area contributed by atoms with Crippen LogP contribution in [0.2, 0.25) is 0 Å². The van der Waals surface area contributed by atoms with Gasteiger partial charge in [-0.1, -0.05) is 20.8 Å². The van der Waals surface area contributed by atoms with E-state index in [1.54, 1.807) is 6.07 Å². The molecule has 0 aromatic heterocycles. The molecule has 1 heterocycles. The van der Waals surface area contributed by atoms with Crippen molar-refractivity contribution < 1.29 is 13.2 Å². The molecule has 0 saturated carbocycles. The molecule has 0 atom stereocenters. The fourth-order valence-electron chi connectivity index (χ4n) is 3.04. The summed E-state index contributed by atoms with van der Waals surface area (Å²) in [4.78, 5) is 1.84. The van der Waals surface area contributed by atoms with Crippen molar-refractivity contribution in [3.8, 4) is 0 Å². The smallest absolute Gasteiger partial charge is 0.399 e. The van der Waals surface area contributed by atoms with Gasteiger partial charge in [0.05, 0.1) is 5.56 Å². The minimum atomic E-state index is -4.37. The Balaban J connectivity index is 2.21. The van der Waals surface area contributed by atoms with Gasteiger partial charge in [0.2, 0.25) is 0 Å². The summed E-state index contributed by atoms with van der Waals surface area (Å²) < 4.78 is 39.5. The summed E-state index contributed by atoms with van der Waals surface area (Å²) in [7, 11) is 0. The molecule has 0 amide bonds. The maximum Gasteiger partial charge on any atom is 0.418 e. The first-order chi connectivity index (χ1) is 9.59. The standard InChI is InChI=1S/C16H23F3N2/c1-15(2,3)11-6-8-21(9-7-11)14-5-4-12(20)10-13(14)16(17,18)19/h4-5,10-11H,6-9,20H2,1-3H3. The summed E-state index contributed by atoms with van der Waals surface area (Å²) in [6, 6.07) is 4.07. The number of nitrogen functional groups attached to an aromatic ring is 1. The van der Waals surface area contributed by atoms with Gasteiger partial charge in [0, 0.05) is 24.5 Å². The molecular weight excluding hydrogens is 277 g/mol. The highest BCUT2D eigenvalue weighted by molar-refractivity contribution is 5.61. The quantitative estimate of drug-likeness (QED) is 0.771. The molecule has 1 aliphatic rings. The van der Waals surface area contributed by atoms with Crippen LogP contribution >= 0.6 is 0 Å². The summed E-state index contributed by atoms with van der Waals surface area (Å²) in [5.41, 5.74) is 5.50. The molecular formula is C16H23F3N2. The van der Waals surface area contributed by atoms with Crippen LogP contribution in [0.15, 0.2) is 18.2 Å². The summed E-state index contributed by atoms with van der Waals surface area (Å²) >= 11 is 0. The average Bonchev–Trinajstić information content (AvgIpc) is 2.37. The van der Waals surface area contributed by atoms with Gasteiger partial charge in [-0.25, -0.2) is 0 Å². The molecule has 0 bridgehead atoms. The second-order valence-corrected chi connectivity index (χ2v) is 6.90. The lowest BCUT2D eigenvalue weighted by atomic mass is 9.75. The predicted molar refractivity (Wildman–Crippen MR) is 80.2 cm³/mol. The van der Waals surface area contributed by atoms with Crippen LogP contribution in [0.3, 0.4) is 0 Å². The minimum absolute atomic E-state index is 0.149. The topological polar surface area (TPSA) is 29.3 Å². The van der Waals surface area contributed by atoms with E-state index in [1.165, 1.54) is 6.07 Å². The molecule has 118 valence electrons. The van der Waals surface area contributed by atoms with Crippen molar-refractivity contribution in [1.82, 2.24) is 0 Å². The summed E-state index contributed by atoms with van der Waals surface area (Å²) in [5.74, 6) is 0.553. The van der Waals surface area contributed by atoms with E-state index in [1.807, 2.05) is 4.90 Å². The Morgan fingerprint density at radius 1 is 1.10 bits per heavy atom. The Bertz CT molecular complexity index is 495. The van der Waals surface area contributed by atoms with Crippen LogP contribution in [-0.4, -0.2) is 13.1 Å². The van der Waals surface area contributed by atoms with Gasteiger partial charge < -0.3 is 10.6 Å². The molecule has 5 heteroatoms. The van der Waals surface area contributed by atoms with Gasteiger partial charge in [0.1, 0.15) is 0 Å². The highest BCUT2D eigenvalue weighted by Gasteiger charge is 2.36. The first kappa shape index (κ1) is 16.0. The van der Waals surface area contributed by atoms with E-state index in [9.17, 15) is 13.2 Å². The van der Waals surface area contributed by atoms with Crippen LogP contribution < -0.4 is 10.6 Å². The molecule has 1 aromatic rings. The number of nitrogens with zero attached hydrogens (tertiary/aromatic N) is 1.